The van der Waals surface area contributed by atoms with Crippen LogP contribution in [0, 0.1) is 5.92 Å². The molecule has 0 radical (unpaired) electrons. The Kier molecular flexibility index (Phi) is 6.55. The second-order valence-corrected chi connectivity index (χ2v) is 8.75. The molecule has 4 rings (SSSR count). The number of piperidine rings is 1. The molecule has 1 aliphatic heterocycles. The standard InChI is InChI=1S/C23H30N6O3/c1-15-9-11-29(12-10-15)14-17-5-3-16(4-6-17)13-24-19(30)8-7-18-25-20-21(26-18)28(2)23(32)27-22(20)31/h3-6,15H,7-14H2,1-2H3,(H,24,30)(H,25,26)(H,27,31,32). The minimum absolute atomic E-state index is 0.0974. The Balaban J connectivity index is 1.26. The lowest BCUT2D eigenvalue weighted by Gasteiger charge is -2.30. The Morgan fingerprint density at radius 2 is 1.81 bits per heavy atom. The number of aryl methyl sites for hydroxylation is 2. The highest BCUT2D eigenvalue weighted by Crippen LogP contribution is 2.18. The van der Waals surface area contributed by atoms with Gasteiger partial charge in [0.2, 0.25) is 5.91 Å². The van der Waals surface area contributed by atoms with Crippen molar-refractivity contribution in [1.82, 2.24) is 29.7 Å². The third-order valence-corrected chi connectivity index (χ3v) is 6.19. The molecule has 3 heterocycles. The summed E-state index contributed by atoms with van der Waals surface area (Å²) < 4.78 is 1.27. The second-order valence-electron chi connectivity index (χ2n) is 8.75. The lowest BCUT2D eigenvalue weighted by atomic mass is 9.99. The molecule has 0 unspecified atom stereocenters. The number of rotatable bonds is 7. The van der Waals surface area contributed by atoms with Crippen LogP contribution in [0.15, 0.2) is 33.9 Å². The van der Waals surface area contributed by atoms with Gasteiger partial charge in [0.1, 0.15) is 11.3 Å². The third kappa shape index (κ3) is 5.16. The van der Waals surface area contributed by atoms with Crippen LogP contribution in [0.5, 0.6) is 0 Å². The molecule has 32 heavy (non-hydrogen) atoms. The van der Waals surface area contributed by atoms with Crippen LogP contribution < -0.4 is 16.6 Å². The number of hydrogen-bond acceptors (Lipinski definition) is 5. The first-order chi connectivity index (χ1) is 15.4. The predicted molar refractivity (Wildman–Crippen MR) is 122 cm³/mol. The Morgan fingerprint density at radius 1 is 1.12 bits per heavy atom. The van der Waals surface area contributed by atoms with Gasteiger partial charge in [-0.15, -0.1) is 0 Å². The van der Waals surface area contributed by atoms with Gasteiger partial charge in [0.25, 0.3) is 5.56 Å². The first-order valence-electron chi connectivity index (χ1n) is 11.1. The first kappa shape index (κ1) is 22.0. The lowest BCUT2D eigenvalue weighted by Crippen LogP contribution is -2.32. The number of imidazole rings is 1. The number of nitrogens with one attached hydrogen (secondary N) is 3. The van der Waals surface area contributed by atoms with Gasteiger partial charge in [-0.1, -0.05) is 31.2 Å². The van der Waals surface area contributed by atoms with Gasteiger partial charge in [0.05, 0.1) is 0 Å². The molecule has 0 saturated carbocycles. The van der Waals surface area contributed by atoms with E-state index in [-0.39, 0.29) is 23.5 Å². The molecule has 1 amide bonds. The van der Waals surface area contributed by atoms with Crippen LogP contribution in [0.3, 0.4) is 0 Å². The normalized spacial score (nSPS) is 15.3. The Hall–Kier alpha value is -3.20. The second kappa shape index (κ2) is 9.52. The van der Waals surface area contributed by atoms with Crippen LogP contribution in [-0.2, 0) is 31.4 Å². The average Bonchev–Trinajstić information content (AvgIpc) is 3.22. The van der Waals surface area contributed by atoms with Gasteiger partial charge in [-0.05, 0) is 43.0 Å². The van der Waals surface area contributed by atoms with E-state index >= 15 is 0 Å². The molecule has 3 N–H and O–H groups in total. The minimum atomic E-state index is -0.519. The molecule has 2 aromatic heterocycles. The molecule has 1 aliphatic rings. The highest BCUT2D eigenvalue weighted by atomic mass is 16.2. The van der Waals surface area contributed by atoms with Crippen molar-refractivity contribution in [2.24, 2.45) is 13.0 Å². The fourth-order valence-electron chi connectivity index (χ4n) is 4.03. The highest BCUT2D eigenvalue weighted by Gasteiger charge is 2.15. The van der Waals surface area contributed by atoms with Crippen molar-refractivity contribution in [3.8, 4) is 0 Å². The van der Waals surface area contributed by atoms with E-state index in [1.54, 1.807) is 0 Å². The van der Waals surface area contributed by atoms with Crippen molar-refractivity contribution in [1.29, 1.82) is 0 Å². The van der Waals surface area contributed by atoms with Crippen LogP contribution in [0.1, 0.15) is 43.1 Å². The summed E-state index contributed by atoms with van der Waals surface area (Å²) in [5.41, 5.74) is 1.85. The van der Waals surface area contributed by atoms with Gasteiger partial charge >= 0.3 is 5.69 Å². The first-order valence-corrected chi connectivity index (χ1v) is 11.1. The minimum Gasteiger partial charge on any atom is -0.352 e. The van der Waals surface area contributed by atoms with E-state index in [1.807, 2.05) is 0 Å². The smallest absolute Gasteiger partial charge is 0.329 e. The summed E-state index contributed by atoms with van der Waals surface area (Å²) in [6, 6.07) is 8.40. The largest absolute Gasteiger partial charge is 0.352 e. The van der Waals surface area contributed by atoms with Crippen LogP contribution in [0.4, 0.5) is 0 Å². The van der Waals surface area contributed by atoms with Crippen molar-refractivity contribution in [3.63, 3.8) is 0 Å². The molecular weight excluding hydrogens is 408 g/mol. The van der Waals surface area contributed by atoms with Crippen molar-refractivity contribution in [2.75, 3.05) is 13.1 Å². The van der Waals surface area contributed by atoms with E-state index in [9.17, 15) is 14.4 Å². The molecule has 9 nitrogen and oxygen atoms in total. The number of hydrogen-bond donors (Lipinski definition) is 3. The zero-order chi connectivity index (χ0) is 22.7. The summed E-state index contributed by atoms with van der Waals surface area (Å²) >= 11 is 0. The van der Waals surface area contributed by atoms with Crippen LogP contribution in [-0.4, -0.2) is 43.4 Å². The zero-order valence-electron chi connectivity index (χ0n) is 18.6. The number of aromatic nitrogens is 4. The molecule has 0 bridgehead atoms. The van der Waals surface area contributed by atoms with E-state index in [4.69, 9.17) is 0 Å². The van der Waals surface area contributed by atoms with Crippen LogP contribution >= 0.6 is 0 Å². The van der Waals surface area contributed by atoms with Crippen molar-refractivity contribution < 1.29 is 4.79 Å². The van der Waals surface area contributed by atoms with Crippen molar-refractivity contribution in [2.45, 2.75) is 45.7 Å². The number of fused-ring (bicyclic) bond motifs is 1. The van der Waals surface area contributed by atoms with Crippen LogP contribution in [0.2, 0.25) is 0 Å². The van der Waals surface area contributed by atoms with E-state index in [2.05, 4.69) is 56.4 Å². The number of amides is 1. The number of benzene rings is 1. The van der Waals surface area contributed by atoms with E-state index in [0.29, 0.717) is 18.8 Å². The molecule has 1 aromatic carbocycles. The summed E-state index contributed by atoms with van der Waals surface area (Å²) in [7, 11) is 1.54. The Bertz CT molecular complexity index is 1200. The third-order valence-electron chi connectivity index (χ3n) is 6.19. The maximum Gasteiger partial charge on any atom is 0.329 e. The summed E-state index contributed by atoms with van der Waals surface area (Å²) in [5, 5.41) is 2.93. The molecule has 9 heteroatoms. The maximum atomic E-state index is 12.3. The molecule has 0 spiro atoms. The zero-order valence-corrected chi connectivity index (χ0v) is 18.6. The van der Waals surface area contributed by atoms with E-state index < -0.39 is 11.2 Å². The number of H-pyrrole nitrogens is 2. The molecule has 170 valence electrons. The lowest BCUT2D eigenvalue weighted by molar-refractivity contribution is -0.121. The van der Waals surface area contributed by atoms with E-state index in [1.165, 1.54) is 30.0 Å². The van der Waals surface area contributed by atoms with E-state index in [0.717, 1.165) is 31.1 Å². The number of carbonyl (C=O) groups is 1. The maximum absolute atomic E-state index is 12.3. The average molecular weight is 439 g/mol. The fourth-order valence-corrected chi connectivity index (χ4v) is 4.03. The number of carbonyl (C=O) groups excluding carboxylic acids is 1. The monoisotopic (exact) mass is 438 g/mol. The molecule has 0 atom stereocenters. The molecule has 1 saturated heterocycles. The molecule has 1 fully saturated rings. The SMILES string of the molecule is CC1CCN(Cc2ccc(CNC(=O)CCc3nc4c([nH]3)c(=O)[nH]c(=O)n4C)cc2)CC1. The van der Waals surface area contributed by atoms with Crippen LogP contribution in [0.25, 0.3) is 11.2 Å². The summed E-state index contributed by atoms with van der Waals surface area (Å²) in [5.74, 6) is 1.23. The van der Waals surface area contributed by atoms with Gasteiger partial charge in [-0.3, -0.25) is 24.0 Å². The Morgan fingerprint density at radius 3 is 2.53 bits per heavy atom. The van der Waals surface area contributed by atoms with Gasteiger partial charge in [-0.2, -0.15) is 0 Å². The number of nitrogens with zero attached hydrogens (tertiary/aromatic N) is 3. The summed E-state index contributed by atoms with van der Waals surface area (Å²) in [4.78, 5) is 47.7. The molecular formula is C23H30N6O3. The topological polar surface area (TPSA) is 116 Å². The summed E-state index contributed by atoms with van der Waals surface area (Å²) in [6.07, 6.45) is 3.12. The fraction of sp³-hybridized carbons (Fsp3) is 0.478. The predicted octanol–water partition coefficient (Wildman–Crippen LogP) is 1.43. The quantitative estimate of drug-likeness (QED) is 0.516. The Labute approximate surface area is 185 Å². The van der Waals surface area contributed by atoms with Gasteiger partial charge in [-0.25, -0.2) is 9.78 Å². The number of likely N-dealkylation sites (tertiary alicyclic amines) is 1. The van der Waals surface area contributed by atoms with Crippen molar-refractivity contribution in [3.05, 3.63) is 62.1 Å². The molecule has 3 aromatic rings. The number of aromatic amines is 2. The van der Waals surface area contributed by atoms with Crippen molar-refractivity contribution >= 4 is 17.1 Å². The summed E-state index contributed by atoms with van der Waals surface area (Å²) in [6.45, 7) is 6.09. The van der Waals surface area contributed by atoms with Gasteiger partial charge in [0.15, 0.2) is 5.65 Å². The van der Waals surface area contributed by atoms with Gasteiger partial charge in [0, 0.05) is 33.0 Å². The van der Waals surface area contributed by atoms with Gasteiger partial charge < -0.3 is 10.3 Å². The molecule has 0 aliphatic carbocycles. The highest BCUT2D eigenvalue weighted by molar-refractivity contribution is 5.76.